The maximum absolute atomic E-state index is 13.8. The van der Waals surface area contributed by atoms with Gasteiger partial charge in [0.25, 0.3) is 5.91 Å². The molecule has 1 heterocycles. The second-order valence-corrected chi connectivity index (χ2v) is 5.37. The van der Waals surface area contributed by atoms with Crippen LogP contribution in [0.25, 0.3) is 0 Å². The number of likely N-dealkylation sites (tertiary alicyclic amines) is 1. The van der Waals surface area contributed by atoms with Gasteiger partial charge in [0.1, 0.15) is 0 Å². The Kier molecular flexibility index (Phi) is 4.41. The van der Waals surface area contributed by atoms with Gasteiger partial charge in [0.15, 0.2) is 17.4 Å². The van der Waals surface area contributed by atoms with Gasteiger partial charge in [-0.15, -0.1) is 0 Å². The molecule has 1 saturated heterocycles. The van der Waals surface area contributed by atoms with E-state index < -0.39 is 34.7 Å². The van der Waals surface area contributed by atoms with Crippen LogP contribution in [-0.2, 0) is 0 Å². The van der Waals surface area contributed by atoms with E-state index in [1.807, 2.05) is 0 Å². The van der Waals surface area contributed by atoms with Crippen molar-refractivity contribution in [2.45, 2.75) is 25.8 Å². The molecule has 1 fully saturated rings. The zero-order valence-corrected chi connectivity index (χ0v) is 11.6. The Labute approximate surface area is 120 Å². The average Bonchev–Trinajstić information content (AvgIpc) is 2.48. The maximum atomic E-state index is 13.8. The van der Waals surface area contributed by atoms with Gasteiger partial charge in [0.2, 0.25) is 5.82 Å². The summed E-state index contributed by atoms with van der Waals surface area (Å²) in [5.74, 6) is -6.76. The van der Waals surface area contributed by atoms with E-state index in [4.69, 9.17) is 5.73 Å². The van der Waals surface area contributed by atoms with Crippen molar-refractivity contribution in [1.29, 1.82) is 0 Å². The van der Waals surface area contributed by atoms with E-state index in [9.17, 15) is 23.1 Å². The predicted molar refractivity (Wildman–Crippen MR) is 70.3 cm³/mol. The van der Waals surface area contributed by atoms with Crippen LogP contribution < -0.4 is 5.73 Å². The van der Waals surface area contributed by atoms with Crippen LogP contribution in [0.4, 0.5) is 13.2 Å². The van der Waals surface area contributed by atoms with Crippen LogP contribution in [0.1, 0.15) is 30.1 Å². The third-order valence-electron chi connectivity index (χ3n) is 3.94. The highest BCUT2D eigenvalue weighted by Crippen LogP contribution is 2.29. The van der Waals surface area contributed by atoms with Crippen molar-refractivity contribution in [2.75, 3.05) is 13.1 Å². The second kappa shape index (κ2) is 5.93. The van der Waals surface area contributed by atoms with Crippen molar-refractivity contribution in [3.63, 3.8) is 0 Å². The fourth-order valence-electron chi connectivity index (χ4n) is 2.56. The fraction of sp³-hybridized carbons (Fsp3) is 0.500. The molecule has 2 rings (SSSR count). The summed E-state index contributed by atoms with van der Waals surface area (Å²) >= 11 is 0. The van der Waals surface area contributed by atoms with Crippen molar-refractivity contribution < 1.29 is 23.1 Å². The molecule has 0 bridgehead atoms. The SMILES string of the molecule is CC1CCC(CN)CN1C(=O)c1cc(F)c(F)c(O)c1F. The Morgan fingerprint density at radius 3 is 2.67 bits per heavy atom. The van der Waals surface area contributed by atoms with Crippen molar-refractivity contribution in [3.05, 3.63) is 29.1 Å². The van der Waals surface area contributed by atoms with Gasteiger partial charge in [-0.1, -0.05) is 0 Å². The zero-order chi connectivity index (χ0) is 15.7. The number of carbonyl (C=O) groups excluding carboxylic acids is 1. The third kappa shape index (κ3) is 2.83. The molecule has 1 aliphatic heterocycles. The van der Waals surface area contributed by atoms with Crippen LogP contribution in [0.15, 0.2) is 6.07 Å². The number of rotatable bonds is 2. The first-order valence-corrected chi connectivity index (χ1v) is 6.74. The highest BCUT2D eigenvalue weighted by Gasteiger charge is 2.32. The molecule has 2 atom stereocenters. The number of halogens is 3. The Balaban J connectivity index is 2.35. The summed E-state index contributed by atoms with van der Waals surface area (Å²) in [5, 5.41) is 9.20. The van der Waals surface area contributed by atoms with Crippen LogP contribution in [0, 0.1) is 23.4 Å². The Hall–Kier alpha value is -1.76. The summed E-state index contributed by atoms with van der Waals surface area (Å²) in [5.41, 5.74) is 4.92. The average molecular weight is 302 g/mol. The Bertz CT molecular complexity index is 566. The van der Waals surface area contributed by atoms with Gasteiger partial charge in [-0.2, -0.15) is 4.39 Å². The lowest BCUT2D eigenvalue weighted by molar-refractivity contribution is 0.0560. The van der Waals surface area contributed by atoms with Crippen LogP contribution in [0.5, 0.6) is 5.75 Å². The molecule has 0 spiro atoms. The fourth-order valence-corrected chi connectivity index (χ4v) is 2.56. The van der Waals surface area contributed by atoms with Crippen LogP contribution >= 0.6 is 0 Å². The van der Waals surface area contributed by atoms with Gasteiger partial charge in [0, 0.05) is 12.6 Å². The molecule has 0 saturated carbocycles. The summed E-state index contributed by atoms with van der Waals surface area (Å²) in [6.07, 6.45) is 1.55. The summed E-state index contributed by atoms with van der Waals surface area (Å²) in [4.78, 5) is 13.7. The molecular formula is C14H17F3N2O2. The highest BCUT2D eigenvalue weighted by atomic mass is 19.2. The van der Waals surface area contributed by atoms with Crippen LogP contribution in [0.3, 0.4) is 0 Å². The largest absolute Gasteiger partial charge is 0.503 e. The molecule has 0 radical (unpaired) electrons. The standard InChI is InChI=1S/C14H17F3N2O2/c1-7-2-3-8(5-18)6-19(7)14(21)9-4-10(15)12(17)13(20)11(9)16/h4,7-8,20H,2-3,5-6,18H2,1H3. The Morgan fingerprint density at radius 1 is 1.38 bits per heavy atom. The molecule has 4 nitrogen and oxygen atoms in total. The monoisotopic (exact) mass is 302 g/mol. The third-order valence-corrected chi connectivity index (χ3v) is 3.94. The van der Waals surface area contributed by atoms with Gasteiger partial charge in [-0.05, 0) is 38.3 Å². The molecule has 3 N–H and O–H groups in total. The minimum absolute atomic E-state index is 0.0899. The Morgan fingerprint density at radius 2 is 2.05 bits per heavy atom. The number of piperidine rings is 1. The molecule has 1 aliphatic rings. The number of carbonyl (C=O) groups is 1. The van der Waals surface area contributed by atoms with E-state index in [-0.39, 0.29) is 12.0 Å². The number of hydrogen-bond donors (Lipinski definition) is 2. The van der Waals surface area contributed by atoms with E-state index in [0.29, 0.717) is 25.6 Å². The summed E-state index contributed by atoms with van der Waals surface area (Å²) in [6, 6.07) is 0.320. The zero-order valence-electron chi connectivity index (χ0n) is 11.6. The van der Waals surface area contributed by atoms with Gasteiger partial charge in [-0.25, -0.2) is 8.78 Å². The molecule has 0 aliphatic carbocycles. The van der Waals surface area contributed by atoms with Gasteiger partial charge in [-0.3, -0.25) is 4.79 Å². The second-order valence-electron chi connectivity index (χ2n) is 5.37. The molecule has 1 aromatic carbocycles. The van der Waals surface area contributed by atoms with Crippen LogP contribution in [0.2, 0.25) is 0 Å². The van der Waals surface area contributed by atoms with E-state index in [0.717, 1.165) is 6.42 Å². The van der Waals surface area contributed by atoms with Gasteiger partial charge < -0.3 is 15.7 Å². The van der Waals surface area contributed by atoms with Crippen molar-refractivity contribution in [2.24, 2.45) is 11.7 Å². The number of phenols is 1. The lowest BCUT2D eigenvalue weighted by Gasteiger charge is -2.37. The molecular weight excluding hydrogens is 285 g/mol. The van der Waals surface area contributed by atoms with Gasteiger partial charge in [0.05, 0.1) is 5.56 Å². The van der Waals surface area contributed by atoms with Crippen molar-refractivity contribution >= 4 is 5.91 Å². The predicted octanol–water partition coefficient (Wildman–Crippen LogP) is 2.01. The van der Waals surface area contributed by atoms with E-state index in [2.05, 4.69) is 0 Å². The first kappa shape index (κ1) is 15.6. The molecule has 116 valence electrons. The van der Waals surface area contributed by atoms with Crippen molar-refractivity contribution in [3.8, 4) is 5.75 Å². The molecule has 0 aromatic heterocycles. The molecule has 1 aromatic rings. The first-order chi connectivity index (χ1) is 9.86. The smallest absolute Gasteiger partial charge is 0.257 e. The topological polar surface area (TPSA) is 66.6 Å². The first-order valence-electron chi connectivity index (χ1n) is 6.74. The van der Waals surface area contributed by atoms with Crippen molar-refractivity contribution in [1.82, 2.24) is 4.90 Å². The number of aromatic hydroxyl groups is 1. The highest BCUT2D eigenvalue weighted by molar-refractivity contribution is 5.95. The quantitative estimate of drug-likeness (QED) is 0.821. The minimum atomic E-state index is -1.70. The number of nitrogens with zero attached hydrogens (tertiary/aromatic N) is 1. The van der Waals surface area contributed by atoms with E-state index in [1.165, 1.54) is 4.90 Å². The maximum Gasteiger partial charge on any atom is 0.257 e. The lowest BCUT2D eigenvalue weighted by atomic mass is 9.93. The van der Waals surface area contributed by atoms with Gasteiger partial charge >= 0.3 is 0 Å². The number of amides is 1. The number of hydrogen-bond acceptors (Lipinski definition) is 3. The normalized spacial score (nSPS) is 22.4. The number of benzene rings is 1. The summed E-state index contributed by atoms with van der Waals surface area (Å²) in [7, 11) is 0. The number of phenolic OH excluding ortho intramolecular Hbond substituents is 1. The molecule has 7 heteroatoms. The van der Waals surface area contributed by atoms with Crippen LogP contribution in [-0.4, -0.2) is 35.0 Å². The number of nitrogens with two attached hydrogens (primary N) is 1. The molecule has 21 heavy (non-hydrogen) atoms. The summed E-state index contributed by atoms with van der Waals surface area (Å²) < 4.78 is 40.2. The molecule has 2 unspecified atom stereocenters. The van der Waals surface area contributed by atoms with E-state index in [1.54, 1.807) is 6.92 Å². The summed E-state index contributed by atoms with van der Waals surface area (Å²) in [6.45, 7) is 2.51. The lowest BCUT2D eigenvalue weighted by Crippen LogP contribution is -2.47. The molecule has 1 amide bonds. The van der Waals surface area contributed by atoms with E-state index >= 15 is 0 Å². The minimum Gasteiger partial charge on any atom is -0.503 e.